The molecule has 0 radical (unpaired) electrons. The zero-order chi connectivity index (χ0) is 13.1. The van der Waals surface area contributed by atoms with Gasteiger partial charge in [-0.3, -0.25) is 9.59 Å². The molecule has 5 heteroatoms. The molecule has 18 heavy (non-hydrogen) atoms. The van der Waals surface area contributed by atoms with E-state index in [0.717, 1.165) is 19.3 Å². The summed E-state index contributed by atoms with van der Waals surface area (Å²) < 4.78 is 5.34. The topological polar surface area (TPSA) is 75.6 Å². The fraction of sp³-hybridized carbons (Fsp3) is 0.846. The number of methoxy groups -OCH3 is 1. The molecule has 0 heterocycles. The number of aliphatic carboxylic acids is 1. The predicted molar refractivity (Wildman–Crippen MR) is 65.0 cm³/mol. The van der Waals surface area contributed by atoms with Gasteiger partial charge in [-0.15, -0.1) is 0 Å². The largest absolute Gasteiger partial charge is 0.481 e. The molecule has 0 spiro atoms. The van der Waals surface area contributed by atoms with Gasteiger partial charge >= 0.3 is 5.97 Å². The van der Waals surface area contributed by atoms with Crippen LogP contribution in [-0.2, 0) is 14.3 Å². The number of rotatable bonds is 4. The molecule has 2 fully saturated rings. The highest BCUT2D eigenvalue weighted by molar-refractivity contribution is 5.81. The molecule has 2 saturated carbocycles. The Morgan fingerprint density at radius 1 is 1.17 bits per heavy atom. The highest BCUT2D eigenvalue weighted by Gasteiger charge is 2.36. The van der Waals surface area contributed by atoms with E-state index in [1.54, 1.807) is 7.11 Å². The Balaban J connectivity index is 1.83. The molecule has 0 saturated heterocycles. The van der Waals surface area contributed by atoms with Crippen molar-refractivity contribution in [1.82, 2.24) is 5.32 Å². The summed E-state index contributed by atoms with van der Waals surface area (Å²) in [5, 5.41) is 11.9. The van der Waals surface area contributed by atoms with Crippen molar-refractivity contribution in [3.8, 4) is 0 Å². The summed E-state index contributed by atoms with van der Waals surface area (Å²) in [5.41, 5.74) is 0. The number of ether oxygens (including phenoxy) is 1. The maximum atomic E-state index is 12.1. The molecule has 2 aliphatic carbocycles. The predicted octanol–water partition coefficient (Wildman–Crippen LogP) is 1.17. The van der Waals surface area contributed by atoms with E-state index in [4.69, 9.17) is 9.84 Å². The Kier molecular flexibility index (Phi) is 4.22. The quantitative estimate of drug-likeness (QED) is 0.790. The first-order valence-electron chi connectivity index (χ1n) is 6.67. The van der Waals surface area contributed by atoms with Crippen LogP contribution in [0.2, 0.25) is 0 Å². The van der Waals surface area contributed by atoms with Crippen molar-refractivity contribution in [3.05, 3.63) is 0 Å². The van der Waals surface area contributed by atoms with Crippen LogP contribution in [-0.4, -0.2) is 36.2 Å². The van der Waals surface area contributed by atoms with E-state index in [1.165, 1.54) is 0 Å². The van der Waals surface area contributed by atoms with Gasteiger partial charge in [0.1, 0.15) is 0 Å². The summed E-state index contributed by atoms with van der Waals surface area (Å²) in [7, 11) is 1.67. The maximum absolute atomic E-state index is 12.1. The third-order valence-corrected chi connectivity index (χ3v) is 4.24. The van der Waals surface area contributed by atoms with Gasteiger partial charge in [-0.1, -0.05) is 0 Å². The molecule has 5 nitrogen and oxygen atoms in total. The van der Waals surface area contributed by atoms with Gasteiger partial charge in [0.05, 0.1) is 18.1 Å². The molecular formula is C13H21NO4. The molecule has 102 valence electrons. The zero-order valence-electron chi connectivity index (χ0n) is 10.7. The van der Waals surface area contributed by atoms with Crippen LogP contribution in [0.25, 0.3) is 0 Å². The van der Waals surface area contributed by atoms with E-state index >= 15 is 0 Å². The monoisotopic (exact) mass is 255 g/mol. The number of amides is 1. The Morgan fingerprint density at radius 3 is 2.50 bits per heavy atom. The first-order valence-corrected chi connectivity index (χ1v) is 6.67. The van der Waals surface area contributed by atoms with Gasteiger partial charge < -0.3 is 15.2 Å². The number of carboxylic acid groups (broad SMARTS) is 1. The summed E-state index contributed by atoms with van der Waals surface area (Å²) in [5.74, 6) is -1.25. The van der Waals surface area contributed by atoms with Gasteiger partial charge in [-0.2, -0.15) is 0 Å². The van der Waals surface area contributed by atoms with Crippen LogP contribution in [0.5, 0.6) is 0 Å². The zero-order valence-corrected chi connectivity index (χ0v) is 10.7. The number of nitrogens with one attached hydrogen (secondary N) is 1. The minimum absolute atomic E-state index is 0.00713. The fourth-order valence-electron chi connectivity index (χ4n) is 3.12. The van der Waals surface area contributed by atoms with Crippen molar-refractivity contribution in [2.24, 2.45) is 11.8 Å². The maximum Gasteiger partial charge on any atom is 0.306 e. The molecule has 0 aromatic rings. The first-order chi connectivity index (χ1) is 8.61. The van der Waals surface area contributed by atoms with Crippen LogP contribution in [0.4, 0.5) is 0 Å². The van der Waals surface area contributed by atoms with Crippen molar-refractivity contribution in [1.29, 1.82) is 0 Å². The van der Waals surface area contributed by atoms with Crippen molar-refractivity contribution < 1.29 is 19.4 Å². The molecule has 0 aromatic carbocycles. The molecule has 2 unspecified atom stereocenters. The van der Waals surface area contributed by atoms with Crippen LogP contribution in [0, 0.1) is 11.8 Å². The SMILES string of the molecule is COC1CCCC1NC(=O)[C@@H]1CC[C@H](C(=O)O)C1. The Morgan fingerprint density at radius 2 is 1.89 bits per heavy atom. The van der Waals surface area contributed by atoms with Gasteiger partial charge in [-0.25, -0.2) is 0 Å². The van der Waals surface area contributed by atoms with Crippen molar-refractivity contribution in [2.45, 2.75) is 50.7 Å². The minimum Gasteiger partial charge on any atom is -0.481 e. The molecular weight excluding hydrogens is 234 g/mol. The van der Waals surface area contributed by atoms with Crippen molar-refractivity contribution in [3.63, 3.8) is 0 Å². The van der Waals surface area contributed by atoms with Crippen molar-refractivity contribution >= 4 is 11.9 Å². The van der Waals surface area contributed by atoms with E-state index in [1.807, 2.05) is 0 Å². The number of hydrogen-bond acceptors (Lipinski definition) is 3. The highest BCUT2D eigenvalue weighted by atomic mass is 16.5. The number of hydrogen-bond donors (Lipinski definition) is 2. The lowest BCUT2D eigenvalue weighted by Gasteiger charge is -2.21. The second-order valence-corrected chi connectivity index (χ2v) is 5.37. The van der Waals surface area contributed by atoms with Gasteiger partial charge in [0, 0.05) is 13.0 Å². The molecule has 0 aliphatic heterocycles. The van der Waals surface area contributed by atoms with Crippen LogP contribution < -0.4 is 5.32 Å². The average Bonchev–Trinajstić information content (AvgIpc) is 2.96. The standard InChI is InChI=1S/C13H21NO4/c1-18-11-4-2-3-10(11)14-12(15)8-5-6-9(7-8)13(16)17/h8-11H,2-7H2,1H3,(H,14,15)(H,16,17)/t8-,9+,10?,11?/m1/s1. The van der Waals surface area contributed by atoms with Gasteiger partial charge in [0.2, 0.25) is 5.91 Å². The van der Waals surface area contributed by atoms with Gasteiger partial charge in [-0.05, 0) is 38.5 Å². The van der Waals surface area contributed by atoms with Crippen LogP contribution in [0.1, 0.15) is 38.5 Å². The molecule has 2 rings (SSSR count). The second kappa shape index (κ2) is 5.69. The van der Waals surface area contributed by atoms with E-state index < -0.39 is 5.97 Å². The third kappa shape index (κ3) is 2.83. The lowest BCUT2D eigenvalue weighted by atomic mass is 10.0. The molecule has 1 amide bonds. The Labute approximate surface area is 107 Å². The Bertz CT molecular complexity index is 331. The lowest BCUT2D eigenvalue weighted by Crippen LogP contribution is -2.43. The first kappa shape index (κ1) is 13.3. The number of carbonyl (C=O) groups is 2. The van der Waals surface area contributed by atoms with Crippen LogP contribution in [0.3, 0.4) is 0 Å². The molecule has 0 bridgehead atoms. The fourth-order valence-corrected chi connectivity index (χ4v) is 3.12. The minimum atomic E-state index is -0.777. The van der Waals surface area contributed by atoms with E-state index in [9.17, 15) is 9.59 Å². The summed E-state index contributed by atoms with van der Waals surface area (Å²) in [4.78, 5) is 22.9. The van der Waals surface area contributed by atoms with Crippen molar-refractivity contribution in [2.75, 3.05) is 7.11 Å². The van der Waals surface area contributed by atoms with Crippen LogP contribution >= 0.6 is 0 Å². The van der Waals surface area contributed by atoms with Crippen LogP contribution in [0.15, 0.2) is 0 Å². The molecule has 2 N–H and O–H groups in total. The number of carbonyl (C=O) groups excluding carboxylic acids is 1. The summed E-state index contributed by atoms with van der Waals surface area (Å²) >= 11 is 0. The van der Waals surface area contributed by atoms with E-state index in [2.05, 4.69) is 5.32 Å². The Hall–Kier alpha value is -1.10. The van der Waals surface area contributed by atoms with E-state index in [-0.39, 0.29) is 29.9 Å². The average molecular weight is 255 g/mol. The summed E-state index contributed by atoms with van der Waals surface area (Å²) in [6.07, 6.45) is 4.92. The molecule has 0 aromatic heterocycles. The second-order valence-electron chi connectivity index (χ2n) is 5.37. The number of carboxylic acids is 1. The lowest BCUT2D eigenvalue weighted by molar-refractivity contribution is -0.141. The smallest absolute Gasteiger partial charge is 0.306 e. The molecule has 4 atom stereocenters. The third-order valence-electron chi connectivity index (χ3n) is 4.24. The summed E-state index contributed by atoms with van der Waals surface area (Å²) in [6, 6.07) is 0.103. The summed E-state index contributed by atoms with van der Waals surface area (Å²) in [6.45, 7) is 0. The highest BCUT2D eigenvalue weighted by Crippen LogP contribution is 2.32. The van der Waals surface area contributed by atoms with E-state index in [0.29, 0.717) is 19.3 Å². The van der Waals surface area contributed by atoms with Gasteiger partial charge in [0.25, 0.3) is 0 Å². The van der Waals surface area contributed by atoms with Gasteiger partial charge in [0.15, 0.2) is 0 Å². The normalized spacial score (nSPS) is 35.6. The molecule has 2 aliphatic rings.